The van der Waals surface area contributed by atoms with Crippen molar-refractivity contribution in [1.82, 2.24) is 19.2 Å². The van der Waals surface area contributed by atoms with Gasteiger partial charge in [-0.15, -0.1) is 0 Å². The second-order valence-electron chi connectivity index (χ2n) is 7.05. The molecule has 0 N–H and O–H groups in total. The smallest absolute Gasteiger partial charge is 0.157 e. The molecule has 0 bridgehead atoms. The molecule has 4 aromatic rings. The summed E-state index contributed by atoms with van der Waals surface area (Å²) in [5, 5.41) is 5.25. The minimum atomic E-state index is -1.11. The lowest BCUT2D eigenvalue weighted by atomic mass is 10.1. The molecule has 3 heterocycles. The molecule has 1 unspecified atom stereocenters. The molecule has 0 saturated carbocycles. The molecule has 0 amide bonds. The lowest BCUT2D eigenvalue weighted by Crippen LogP contribution is -2.03. The molecule has 3 aromatic heterocycles. The Morgan fingerprint density at radius 2 is 1.86 bits per heavy atom. The Bertz CT molecular complexity index is 1140. The third-order valence-corrected chi connectivity index (χ3v) is 6.20. The van der Waals surface area contributed by atoms with E-state index in [0.29, 0.717) is 16.4 Å². The van der Waals surface area contributed by atoms with Gasteiger partial charge in [-0.1, -0.05) is 43.2 Å². The first-order chi connectivity index (χ1) is 13.6. The van der Waals surface area contributed by atoms with Crippen LogP contribution in [0.5, 0.6) is 0 Å². The minimum absolute atomic E-state index is 0.595. The van der Waals surface area contributed by atoms with E-state index in [2.05, 4.69) is 59.9 Å². The molecule has 6 heteroatoms. The van der Waals surface area contributed by atoms with E-state index in [1.54, 1.807) is 0 Å². The molecule has 1 atom stereocenters. The van der Waals surface area contributed by atoms with Crippen molar-refractivity contribution in [3.8, 4) is 22.6 Å². The van der Waals surface area contributed by atoms with Crippen molar-refractivity contribution in [1.29, 1.82) is 0 Å². The monoisotopic (exact) mass is 392 g/mol. The highest BCUT2D eigenvalue weighted by Gasteiger charge is 2.16. The van der Waals surface area contributed by atoms with Crippen molar-refractivity contribution < 1.29 is 4.21 Å². The van der Waals surface area contributed by atoms with E-state index in [-0.39, 0.29) is 0 Å². The van der Waals surface area contributed by atoms with E-state index in [4.69, 9.17) is 4.98 Å². The second-order valence-corrected chi connectivity index (χ2v) is 8.57. The molecule has 5 nitrogen and oxygen atoms in total. The fourth-order valence-corrected chi connectivity index (χ4v) is 4.40. The van der Waals surface area contributed by atoms with Crippen molar-refractivity contribution in [2.75, 3.05) is 5.75 Å². The Kier molecular flexibility index (Phi) is 5.13. The lowest BCUT2D eigenvalue weighted by Gasteiger charge is -2.09. The summed E-state index contributed by atoms with van der Waals surface area (Å²) in [5.41, 5.74) is 5.84. The third-order valence-electron chi connectivity index (χ3n) is 4.87. The number of hydrogen-bond acceptors (Lipinski definition) is 3. The van der Waals surface area contributed by atoms with Gasteiger partial charge in [0, 0.05) is 30.6 Å². The van der Waals surface area contributed by atoms with Gasteiger partial charge >= 0.3 is 0 Å². The summed E-state index contributed by atoms with van der Waals surface area (Å²) in [6.07, 6.45) is 3.95. The number of benzene rings is 1. The Balaban J connectivity index is 1.89. The highest BCUT2D eigenvalue weighted by Crippen LogP contribution is 2.27. The van der Waals surface area contributed by atoms with Crippen molar-refractivity contribution in [3.63, 3.8) is 0 Å². The van der Waals surface area contributed by atoms with Crippen LogP contribution in [0.1, 0.15) is 25.3 Å². The standard InChI is InChI=1S/C22H24N4OS/c1-4-5-13-28(27)22-15-21-23-18(17-10-8-16(2)9-11-17)14-20(26(21)24-22)19-7-6-12-25(19)3/h6-12,14-15H,4-5,13H2,1-3H3. The topological polar surface area (TPSA) is 52.2 Å². The van der Waals surface area contributed by atoms with Gasteiger partial charge in [0.25, 0.3) is 0 Å². The molecule has 0 aliphatic carbocycles. The summed E-state index contributed by atoms with van der Waals surface area (Å²) in [6.45, 7) is 4.18. The van der Waals surface area contributed by atoms with E-state index in [1.807, 2.05) is 29.9 Å². The molecule has 0 spiro atoms. The Labute approximate surface area is 167 Å². The lowest BCUT2D eigenvalue weighted by molar-refractivity contribution is 0.675. The molecule has 0 aliphatic rings. The zero-order valence-corrected chi connectivity index (χ0v) is 17.2. The van der Waals surface area contributed by atoms with Crippen LogP contribution in [0.3, 0.4) is 0 Å². The fourth-order valence-electron chi connectivity index (χ4n) is 3.23. The van der Waals surface area contributed by atoms with Gasteiger partial charge in [-0.05, 0) is 31.5 Å². The maximum Gasteiger partial charge on any atom is 0.157 e. The number of nitrogens with zero attached hydrogens (tertiary/aromatic N) is 4. The molecule has 1 aromatic carbocycles. The predicted octanol–water partition coefficient (Wildman–Crippen LogP) is 4.62. The van der Waals surface area contributed by atoms with Gasteiger partial charge < -0.3 is 4.57 Å². The number of aromatic nitrogens is 4. The van der Waals surface area contributed by atoms with Gasteiger partial charge in [0.15, 0.2) is 10.7 Å². The van der Waals surface area contributed by atoms with Crippen molar-refractivity contribution in [2.24, 2.45) is 7.05 Å². The SMILES string of the molecule is CCCCS(=O)c1cc2nc(-c3ccc(C)cc3)cc(-c3cccn3C)n2n1. The molecule has 144 valence electrons. The molecule has 4 rings (SSSR count). The quantitative estimate of drug-likeness (QED) is 0.481. The first-order valence-electron chi connectivity index (χ1n) is 9.55. The second kappa shape index (κ2) is 7.72. The van der Waals surface area contributed by atoms with E-state index in [1.165, 1.54) is 5.56 Å². The molecule has 0 aliphatic heterocycles. The van der Waals surface area contributed by atoms with Gasteiger partial charge in [-0.2, -0.15) is 5.10 Å². The number of aryl methyl sites for hydroxylation is 2. The number of rotatable bonds is 6. The van der Waals surface area contributed by atoms with E-state index < -0.39 is 10.8 Å². The Morgan fingerprint density at radius 1 is 1.07 bits per heavy atom. The largest absolute Gasteiger partial charge is 0.349 e. The first kappa shape index (κ1) is 18.6. The van der Waals surface area contributed by atoms with Gasteiger partial charge in [0.1, 0.15) is 0 Å². The molecule has 28 heavy (non-hydrogen) atoms. The fraction of sp³-hybridized carbons (Fsp3) is 0.273. The van der Waals surface area contributed by atoms with Crippen molar-refractivity contribution in [2.45, 2.75) is 31.7 Å². The zero-order chi connectivity index (χ0) is 19.7. The summed E-state index contributed by atoms with van der Waals surface area (Å²) in [4.78, 5) is 4.82. The number of hydrogen-bond donors (Lipinski definition) is 0. The third kappa shape index (κ3) is 3.52. The Hall–Kier alpha value is -2.73. The average Bonchev–Trinajstić information content (AvgIpc) is 3.32. The number of unbranched alkanes of at least 4 members (excludes halogenated alkanes) is 1. The van der Waals surface area contributed by atoms with Crippen molar-refractivity contribution >= 4 is 16.4 Å². The Morgan fingerprint density at radius 3 is 2.54 bits per heavy atom. The molecular weight excluding hydrogens is 368 g/mol. The van der Waals surface area contributed by atoms with Crippen LogP contribution in [0.2, 0.25) is 0 Å². The van der Waals surface area contributed by atoms with Crippen LogP contribution in [-0.4, -0.2) is 29.1 Å². The van der Waals surface area contributed by atoms with Gasteiger partial charge in [-0.25, -0.2) is 9.50 Å². The summed E-state index contributed by atoms with van der Waals surface area (Å²) in [6, 6.07) is 16.3. The van der Waals surface area contributed by atoms with Crippen LogP contribution in [0.4, 0.5) is 0 Å². The maximum absolute atomic E-state index is 12.6. The summed E-state index contributed by atoms with van der Waals surface area (Å²) < 4.78 is 16.5. The van der Waals surface area contributed by atoms with Crippen LogP contribution < -0.4 is 0 Å². The maximum atomic E-state index is 12.6. The normalized spacial score (nSPS) is 12.5. The van der Waals surface area contributed by atoms with Gasteiger partial charge in [0.05, 0.1) is 27.9 Å². The minimum Gasteiger partial charge on any atom is -0.349 e. The predicted molar refractivity (Wildman–Crippen MR) is 114 cm³/mol. The van der Waals surface area contributed by atoms with E-state index in [0.717, 1.165) is 35.5 Å². The highest BCUT2D eigenvalue weighted by molar-refractivity contribution is 7.84. The zero-order valence-electron chi connectivity index (χ0n) is 16.4. The van der Waals surface area contributed by atoms with Gasteiger partial charge in [0.2, 0.25) is 0 Å². The van der Waals surface area contributed by atoms with Crippen LogP contribution in [0, 0.1) is 6.92 Å². The summed E-state index contributed by atoms with van der Waals surface area (Å²) >= 11 is 0. The summed E-state index contributed by atoms with van der Waals surface area (Å²) in [7, 11) is 0.902. The van der Waals surface area contributed by atoms with Crippen LogP contribution in [0.15, 0.2) is 59.8 Å². The molecular formula is C22H24N4OS. The summed E-state index contributed by atoms with van der Waals surface area (Å²) in [5.74, 6) is 0.630. The average molecular weight is 393 g/mol. The van der Waals surface area contributed by atoms with Crippen LogP contribution in [-0.2, 0) is 17.8 Å². The molecule has 0 radical (unpaired) electrons. The number of fused-ring (bicyclic) bond motifs is 1. The van der Waals surface area contributed by atoms with E-state index in [9.17, 15) is 4.21 Å². The van der Waals surface area contributed by atoms with E-state index >= 15 is 0 Å². The van der Waals surface area contributed by atoms with Crippen LogP contribution >= 0.6 is 0 Å². The van der Waals surface area contributed by atoms with Crippen LogP contribution in [0.25, 0.3) is 28.3 Å². The first-order valence-corrected chi connectivity index (χ1v) is 10.9. The highest BCUT2D eigenvalue weighted by atomic mass is 32.2. The molecule has 0 fully saturated rings. The van der Waals surface area contributed by atoms with Crippen molar-refractivity contribution in [3.05, 3.63) is 60.3 Å². The molecule has 0 saturated heterocycles. The van der Waals surface area contributed by atoms with Gasteiger partial charge in [-0.3, -0.25) is 4.21 Å².